The second-order valence-corrected chi connectivity index (χ2v) is 12.0. The molecule has 2 bridgehead atoms. The number of carbonyl (C=O) groups excluding carboxylic acids is 1. The topological polar surface area (TPSA) is 66.5 Å². The van der Waals surface area contributed by atoms with Crippen LogP contribution in [0.1, 0.15) is 47.2 Å². The van der Waals surface area contributed by atoms with E-state index in [0.717, 1.165) is 23.5 Å². The minimum atomic E-state index is -3.84. The Balaban J connectivity index is 1.39. The van der Waals surface area contributed by atoms with E-state index < -0.39 is 10.0 Å². The van der Waals surface area contributed by atoms with E-state index >= 15 is 0 Å². The normalized spacial score (nSPS) is 21.1. The molecule has 3 aromatic carbocycles. The maximum Gasteiger partial charge on any atom is 0.264 e. The molecule has 3 atom stereocenters. The van der Waals surface area contributed by atoms with Gasteiger partial charge in [-0.05, 0) is 85.5 Å². The van der Waals surface area contributed by atoms with Crippen molar-refractivity contribution in [1.82, 2.24) is 5.32 Å². The van der Waals surface area contributed by atoms with E-state index in [2.05, 4.69) is 5.32 Å². The lowest BCUT2D eigenvalue weighted by Crippen LogP contribution is -2.38. The highest BCUT2D eigenvalue weighted by Gasteiger charge is 2.40. The van der Waals surface area contributed by atoms with Gasteiger partial charge in [-0.25, -0.2) is 8.42 Å². The number of amides is 1. The Morgan fingerprint density at radius 2 is 1.74 bits per heavy atom. The number of rotatable bonds is 7. The molecule has 2 aliphatic carbocycles. The minimum absolute atomic E-state index is 0.0615. The molecule has 5 nitrogen and oxygen atoms in total. The molecule has 35 heavy (non-hydrogen) atoms. The van der Waals surface area contributed by atoms with Crippen molar-refractivity contribution in [2.24, 2.45) is 11.8 Å². The molecule has 0 unspecified atom stereocenters. The second kappa shape index (κ2) is 9.67. The zero-order valence-corrected chi connectivity index (χ0v) is 21.2. The maximum absolute atomic E-state index is 13.7. The van der Waals surface area contributed by atoms with Crippen LogP contribution in [0.5, 0.6) is 0 Å². The number of halogens is 1. The third-order valence-electron chi connectivity index (χ3n) is 7.37. The summed E-state index contributed by atoms with van der Waals surface area (Å²) in [6.45, 7) is 1.98. The van der Waals surface area contributed by atoms with Crippen LogP contribution in [0.4, 0.5) is 5.69 Å². The molecule has 0 heterocycles. The molecular formula is C28H29ClN2O3S. The zero-order valence-electron chi connectivity index (χ0n) is 19.7. The Morgan fingerprint density at radius 3 is 2.40 bits per heavy atom. The fourth-order valence-corrected chi connectivity index (χ4v) is 7.17. The monoisotopic (exact) mass is 508 g/mol. The molecule has 0 radical (unpaired) electrons. The first-order valence-corrected chi connectivity index (χ1v) is 13.9. The van der Waals surface area contributed by atoms with Gasteiger partial charge in [0.1, 0.15) is 0 Å². The molecule has 1 N–H and O–H groups in total. The molecular weight excluding hydrogens is 480 g/mol. The molecule has 2 saturated carbocycles. The second-order valence-electron chi connectivity index (χ2n) is 9.71. The number of nitrogens with one attached hydrogen (secondary N) is 1. The number of nitrogens with zero attached hydrogens (tertiary/aromatic N) is 1. The quantitative estimate of drug-likeness (QED) is 0.428. The minimum Gasteiger partial charge on any atom is -0.349 e. The highest BCUT2D eigenvalue weighted by molar-refractivity contribution is 7.92. The number of fused-ring (bicyclic) bond motifs is 2. The molecule has 2 fully saturated rings. The summed E-state index contributed by atoms with van der Waals surface area (Å²) in [5.74, 6) is 1.31. The van der Waals surface area contributed by atoms with Crippen molar-refractivity contribution in [2.45, 2.75) is 50.1 Å². The van der Waals surface area contributed by atoms with Crippen LogP contribution in [0.15, 0.2) is 77.7 Å². The van der Waals surface area contributed by atoms with E-state index in [1.54, 1.807) is 54.6 Å². The van der Waals surface area contributed by atoms with Gasteiger partial charge in [0.2, 0.25) is 0 Å². The molecule has 7 heteroatoms. The van der Waals surface area contributed by atoms with Crippen LogP contribution in [-0.4, -0.2) is 20.4 Å². The van der Waals surface area contributed by atoms with Crippen LogP contribution >= 0.6 is 11.6 Å². The summed E-state index contributed by atoms with van der Waals surface area (Å²) >= 11 is 6.24. The van der Waals surface area contributed by atoms with Crippen LogP contribution in [-0.2, 0) is 16.6 Å². The average Bonchev–Trinajstić information content (AvgIpc) is 3.48. The Kier molecular flexibility index (Phi) is 6.60. The van der Waals surface area contributed by atoms with Crippen molar-refractivity contribution < 1.29 is 13.2 Å². The van der Waals surface area contributed by atoms with E-state index in [4.69, 9.17) is 11.6 Å². The predicted octanol–water partition coefficient (Wildman–Crippen LogP) is 5.96. The van der Waals surface area contributed by atoms with Gasteiger partial charge in [-0.3, -0.25) is 9.10 Å². The Morgan fingerprint density at radius 1 is 1.00 bits per heavy atom. The van der Waals surface area contributed by atoms with Crippen LogP contribution in [0.25, 0.3) is 0 Å². The summed E-state index contributed by atoms with van der Waals surface area (Å²) < 4.78 is 28.7. The molecule has 0 aromatic heterocycles. The summed E-state index contributed by atoms with van der Waals surface area (Å²) in [5.41, 5.74) is 2.70. The van der Waals surface area contributed by atoms with Crippen LogP contribution < -0.4 is 9.62 Å². The van der Waals surface area contributed by atoms with Crippen molar-refractivity contribution in [3.8, 4) is 0 Å². The van der Waals surface area contributed by atoms with Gasteiger partial charge in [-0.15, -0.1) is 0 Å². The smallest absolute Gasteiger partial charge is 0.264 e. The molecule has 182 valence electrons. The predicted molar refractivity (Wildman–Crippen MR) is 139 cm³/mol. The van der Waals surface area contributed by atoms with Crippen molar-refractivity contribution in [1.29, 1.82) is 0 Å². The molecule has 0 spiro atoms. The Bertz CT molecular complexity index is 1330. The third-order valence-corrected chi connectivity index (χ3v) is 9.38. The Labute approximate surface area is 212 Å². The SMILES string of the molecule is Cc1ccc(Cl)cc1N(Cc1ccc(C(=O)N[C@H]2C[C@H]3CC[C@H]2C3)cc1)S(=O)(=O)c1ccccc1. The van der Waals surface area contributed by atoms with Gasteiger partial charge in [-0.1, -0.05) is 54.4 Å². The lowest BCUT2D eigenvalue weighted by Gasteiger charge is -2.26. The maximum atomic E-state index is 13.7. The standard InChI is InChI=1S/C28H29ClN2O3S/c1-19-7-14-24(29)17-27(19)31(35(33,34)25-5-3-2-4-6-25)18-20-8-11-22(12-9-20)28(32)30-26-16-21-10-13-23(26)15-21/h2-9,11-12,14,17,21,23,26H,10,13,15-16,18H2,1H3,(H,30,32)/t21-,23-,26-/m0/s1. The van der Waals surface area contributed by atoms with Crippen LogP contribution in [0, 0.1) is 18.8 Å². The molecule has 1 amide bonds. The zero-order chi connectivity index (χ0) is 24.6. The largest absolute Gasteiger partial charge is 0.349 e. The van der Waals surface area contributed by atoms with Gasteiger partial charge in [0.05, 0.1) is 17.1 Å². The van der Waals surface area contributed by atoms with Gasteiger partial charge in [0.25, 0.3) is 15.9 Å². The lowest BCUT2D eigenvalue weighted by molar-refractivity contribution is 0.0923. The molecule has 5 rings (SSSR count). The first-order chi connectivity index (χ1) is 16.8. The van der Waals surface area contributed by atoms with Gasteiger partial charge in [0, 0.05) is 16.6 Å². The van der Waals surface area contributed by atoms with E-state index in [-0.39, 0.29) is 23.4 Å². The van der Waals surface area contributed by atoms with Crippen molar-refractivity contribution in [3.05, 3.63) is 94.5 Å². The first kappa shape index (κ1) is 23.9. The number of carbonyl (C=O) groups is 1. The van der Waals surface area contributed by atoms with Gasteiger partial charge < -0.3 is 5.32 Å². The van der Waals surface area contributed by atoms with Gasteiger partial charge in [0.15, 0.2) is 0 Å². The van der Waals surface area contributed by atoms with E-state index in [9.17, 15) is 13.2 Å². The van der Waals surface area contributed by atoms with Gasteiger partial charge in [-0.2, -0.15) is 0 Å². The number of aryl methyl sites for hydroxylation is 1. The molecule has 0 aliphatic heterocycles. The van der Waals surface area contributed by atoms with E-state index in [1.165, 1.54) is 23.6 Å². The number of hydrogen-bond donors (Lipinski definition) is 1. The van der Waals surface area contributed by atoms with E-state index in [0.29, 0.717) is 22.2 Å². The summed E-state index contributed by atoms with van der Waals surface area (Å²) in [6, 6.07) is 21.1. The summed E-state index contributed by atoms with van der Waals surface area (Å²) in [7, 11) is -3.84. The molecule has 0 saturated heterocycles. The van der Waals surface area contributed by atoms with Crippen molar-refractivity contribution in [3.63, 3.8) is 0 Å². The highest BCUT2D eigenvalue weighted by Crippen LogP contribution is 2.44. The fourth-order valence-electron chi connectivity index (χ4n) is 5.47. The number of anilines is 1. The Hall–Kier alpha value is -2.83. The van der Waals surface area contributed by atoms with Crippen molar-refractivity contribution >= 4 is 33.2 Å². The van der Waals surface area contributed by atoms with Crippen molar-refractivity contribution in [2.75, 3.05) is 4.31 Å². The molecule has 2 aliphatic rings. The van der Waals surface area contributed by atoms with E-state index in [1.807, 2.05) is 25.1 Å². The fraction of sp³-hybridized carbons (Fsp3) is 0.321. The number of hydrogen-bond acceptors (Lipinski definition) is 3. The summed E-state index contributed by atoms with van der Waals surface area (Å²) in [4.78, 5) is 13.0. The van der Waals surface area contributed by atoms with Crippen LogP contribution in [0.3, 0.4) is 0 Å². The average molecular weight is 509 g/mol. The summed E-state index contributed by atoms with van der Waals surface area (Å²) in [6.07, 6.45) is 4.82. The van der Waals surface area contributed by atoms with Gasteiger partial charge >= 0.3 is 0 Å². The third kappa shape index (κ3) is 4.95. The van der Waals surface area contributed by atoms with Crippen LogP contribution in [0.2, 0.25) is 5.02 Å². The number of sulfonamides is 1. The lowest BCUT2D eigenvalue weighted by atomic mass is 9.95. The summed E-state index contributed by atoms with van der Waals surface area (Å²) in [5, 5.41) is 3.68. The number of benzene rings is 3. The first-order valence-electron chi connectivity index (χ1n) is 12.0. The highest BCUT2D eigenvalue weighted by atomic mass is 35.5. The molecule has 3 aromatic rings.